The van der Waals surface area contributed by atoms with Crippen molar-refractivity contribution >= 4 is 28.6 Å². The molecule has 0 aromatic heterocycles. The Morgan fingerprint density at radius 3 is 2.10 bits per heavy atom. The minimum absolute atomic E-state index is 1.24. The molecular formula is C4H4F3IO2. The van der Waals surface area contributed by atoms with E-state index in [1.54, 1.807) is 0 Å². The van der Waals surface area contributed by atoms with Gasteiger partial charge in [-0.05, 0) is 0 Å². The van der Waals surface area contributed by atoms with Crippen LogP contribution in [0.3, 0.4) is 0 Å². The Hall–Kier alpha value is -0.0100. The highest BCUT2D eigenvalue weighted by molar-refractivity contribution is 14.1. The predicted octanol–water partition coefficient (Wildman–Crippen LogP) is 1.83. The van der Waals surface area contributed by atoms with Gasteiger partial charge in [-0.1, -0.05) is 22.6 Å². The van der Waals surface area contributed by atoms with Crippen LogP contribution in [0.1, 0.15) is 6.42 Å². The van der Waals surface area contributed by atoms with Crippen LogP contribution in [-0.4, -0.2) is 21.2 Å². The molecule has 0 amide bonds. The first-order valence-electron chi connectivity index (χ1n) is 2.26. The smallest absolute Gasteiger partial charge is 0.390 e. The summed E-state index contributed by atoms with van der Waals surface area (Å²) < 4.78 is 32.8. The summed E-state index contributed by atoms with van der Waals surface area (Å²) in [5.41, 5.74) is 0. The minimum Gasteiger partial charge on any atom is -0.480 e. The Morgan fingerprint density at radius 1 is 1.60 bits per heavy atom. The second-order valence-electron chi connectivity index (χ2n) is 1.63. The Kier molecular flexibility index (Phi) is 3.40. The van der Waals surface area contributed by atoms with E-state index in [1.807, 2.05) is 0 Å². The molecule has 0 aromatic rings. The van der Waals surface area contributed by atoms with Crippen molar-refractivity contribution in [3.8, 4) is 0 Å². The molecule has 0 heterocycles. The van der Waals surface area contributed by atoms with Gasteiger partial charge in [0.15, 0.2) is 0 Å². The molecule has 0 saturated heterocycles. The maximum atomic E-state index is 11.4. The highest BCUT2D eigenvalue weighted by Crippen LogP contribution is 2.25. The van der Waals surface area contributed by atoms with Gasteiger partial charge in [0.05, 0.1) is 6.42 Å². The quantitative estimate of drug-likeness (QED) is 0.612. The highest BCUT2D eigenvalue weighted by Gasteiger charge is 2.33. The summed E-state index contributed by atoms with van der Waals surface area (Å²) in [6, 6.07) is 0. The van der Waals surface area contributed by atoms with E-state index in [9.17, 15) is 18.0 Å². The fourth-order valence-electron chi connectivity index (χ4n) is 0.291. The number of rotatable bonds is 2. The van der Waals surface area contributed by atoms with Gasteiger partial charge < -0.3 is 5.11 Å². The second-order valence-corrected chi connectivity index (χ2v) is 3.13. The number of carboxylic acid groups (broad SMARTS) is 1. The van der Waals surface area contributed by atoms with Gasteiger partial charge in [0, 0.05) is 0 Å². The van der Waals surface area contributed by atoms with E-state index in [-0.39, 0.29) is 0 Å². The van der Waals surface area contributed by atoms with Crippen molar-refractivity contribution in [1.82, 2.24) is 0 Å². The molecule has 6 heteroatoms. The third-order valence-electron chi connectivity index (χ3n) is 0.679. The van der Waals surface area contributed by atoms with Crippen LogP contribution in [0.25, 0.3) is 0 Å². The fourth-order valence-corrected chi connectivity index (χ4v) is 0.790. The molecule has 0 bridgehead atoms. The molecule has 0 spiro atoms. The standard InChI is InChI=1S/C4H4F3IO2/c5-4(6,7)1-2(8)3(9)10/h2H,1H2,(H,9,10). The van der Waals surface area contributed by atoms with Crippen molar-refractivity contribution in [2.45, 2.75) is 16.5 Å². The summed E-state index contributed by atoms with van der Waals surface area (Å²) >= 11 is 1.24. The van der Waals surface area contributed by atoms with Crippen molar-refractivity contribution in [2.24, 2.45) is 0 Å². The Morgan fingerprint density at radius 2 is 2.00 bits per heavy atom. The van der Waals surface area contributed by atoms with Crippen molar-refractivity contribution in [3.05, 3.63) is 0 Å². The first-order chi connectivity index (χ1) is 4.33. The SMILES string of the molecule is O=C(O)C(I)CC(F)(F)F. The lowest BCUT2D eigenvalue weighted by Crippen LogP contribution is -2.21. The zero-order valence-electron chi connectivity index (χ0n) is 4.65. The molecule has 1 unspecified atom stereocenters. The van der Waals surface area contributed by atoms with Gasteiger partial charge in [0.25, 0.3) is 0 Å². The molecule has 0 aliphatic heterocycles. The Balaban J connectivity index is 3.80. The normalized spacial score (nSPS) is 14.8. The Bertz CT molecular complexity index is 133. The van der Waals surface area contributed by atoms with Gasteiger partial charge in [-0.3, -0.25) is 4.79 Å². The number of aliphatic carboxylic acids is 1. The lowest BCUT2D eigenvalue weighted by Gasteiger charge is -2.07. The number of carboxylic acids is 1. The molecule has 0 aliphatic rings. The predicted molar refractivity (Wildman–Crippen MR) is 36.1 cm³/mol. The highest BCUT2D eigenvalue weighted by atomic mass is 127. The van der Waals surface area contributed by atoms with Crippen LogP contribution in [0.15, 0.2) is 0 Å². The first-order valence-corrected chi connectivity index (χ1v) is 3.51. The van der Waals surface area contributed by atoms with E-state index in [0.29, 0.717) is 0 Å². The van der Waals surface area contributed by atoms with Gasteiger partial charge >= 0.3 is 12.1 Å². The first kappa shape index (κ1) is 9.99. The summed E-state index contributed by atoms with van der Waals surface area (Å²) in [4.78, 5) is 9.87. The molecule has 0 aliphatic carbocycles. The topological polar surface area (TPSA) is 37.3 Å². The van der Waals surface area contributed by atoms with Gasteiger partial charge in [0.1, 0.15) is 3.92 Å². The molecule has 0 radical (unpaired) electrons. The van der Waals surface area contributed by atoms with Gasteiger partial charge in [-0.15, -0.1) is 0 Å². The van der Waals surface area contributed by atoms with Crippen molar-refractivity contribution < 1.29 is 23.1 Å². The van der Waals surface area contributed by atoms with E-state index >= 15 is 0 Å². The maximum Gasteiger partial charge on any atom is 0.390 e. The van der Waals surface area contributed by atoms with E-state index < -0.39 is 22.5 Å². The van der Waals surface area contributed by atoms with Crippen LogP contribution >= 0.6 is 22.6 Å². The molecule has 1 N–H and O–H groups in total. The van der Waals surface area contributed by atoms with E-state index in [0.717, 1.165) is 0 Å². The zero-order valence-corrected chi connectivity index (χ0v) is 6.81. The van der Waals surface area contributed by atoms with Crippen LogP contribution in [0.4, 0.5) is 13.2 Å². The molecule has 60 valence electrons. The van der Waals surface area contributed by atoms with E-state index in [4.69, 9.17) is 5.11 Å². The van der Waals surface area contributed by atoms with Gasteiger partial charge in [0.2, 0.25) is 0 Å². The summed E-state index contributed by atoms with van der Waals surface area (Å²) in [5, 5.41) is 8.04. The number of hydrogen-bond acceptors (Lipinski definition) is 1. The summed E-state index contributed by atoms with van der Waals surface area (Å²) in [6.07, 6.45) is -5.66. The third-order valence-corrected chi connectivity index (χ3v) is 1.65. The third kappa shape index (κ3) is 4.83. The number of halogens is 4. The van der Waals surface area contributed by atoms with E-state index in [2.05, 4.69) is 0 Å². The monoisotopic (exact) mass is 268 g/mol. The van der Waals surface area contributed by atoms with Crippen molar-refractivity contribution in [2.75, 3.05) is 0 Å². The molecule has 2 nitrogen and oxygen atoms in total. The molecule has 10 heavy (non-hydrogen) atoms. The summed E-state index contributed by atoms with van der Waals surface area (Å²) in [5.74, 6) is -1.43. The fraction of sp³-hybridized carbons (Fsp3) is 0.750. The largest absolute Gasteiger partial charge is 0.480 e. The maximum absolute atomic E-state index is 11.4. The van der Waals surface area contributed by atoms with Gasteiger partial charge in [-0.2, -0.15) is 13.2 Å². The van der Waals surface area contributed by atoms with Crippen LogP contribution in [-0.2, 0) is 4.79 Å². The number of hydrogen-bond donors (Lipinski definition) is 1. The summed E-state index contributed by atoms with van der Waals surface area (Å²) in [7, 11) is 0. The molecule has 0 saturated carbocycles. The van der Waals surface area contributed by atoms with Crippen LogP contribution in [0, 0.1) is 0 Å². The number of alkyl halides is 4. The lowest BCUT2D eigenvalue weighted by molar-refractivity contribution is -0.150. The van der Waals surface area contributed by atoms with Crippen LogP contribution in [0.2, 0.25) is 0 Å². The van der Waals surface area contributed by atoms with Crippen LogP contribution in [0.5, 0.6) is 0 Å². The molecule has 0 fully saturated rings. The van der Waals surface area contributed by atoms with E-state index in [1.165, 1.54) is 22.6 Å². The second kappa shape index (κ2) is 3.40. The average Bonchev–Trinajstić information content (AvgIpc) is 1.60. The minimum atomic E-state index is -4.38. The van der Waals surface area contributed by atoms with Gasteiger partial charge in [-0.25, -0.2) is 0 Å². The lowest BCUT2D eigenvalue weighted by atomic mass is 10.3. The van der Waals surface area contributed by atoms with Crippen molar-refractivity contribution in [3.63, 3.8) is 0 Å². The average molecular weight is 268 g/mol. The molecule has 1 atom stereocenters. The zero-order chi connectivity index (χ0) is 8.36. The molecular weight excluding hydrogens is 264 g/mol. The van der Waals surface area contributed by atoms with Crippen molar-refractivity contribution in [1.29, 1.82) is 0 Å². The molecule has 0 aromatic carbocycles. The summed E-state index contributed by atoms with van der Waals surface area (Å²) in [6.45, 7) is 0. The Labute approximate surface area is 68.5 Å². The van der Waals surface area contributed by atoms with Crippen LogP contribution < -0.4 is 0 Å². The molecule has 0 rings (SSSR count). The number of carbonyl (C=O) groups is 1.